The molecule has 0 aliphatic carbocycles. The molecular formula is C20H21N3OS. The molecule has 128 valence electrons. The number of nitrogens with one attached hydrogen (secondary N) is 1. The maximum absolute atomic E-state index is 11.3. The van der Waals surface area contributed by atoms with Gasteiger partial charge in [-0.1, -0.05) is 24.3 Å². The fraction of sp³-hybridized carbons (Fsp3) is 0.200. The van der Waals surface area contributed by atoms with Gasteiger partial charge in [-0.05, 0) is 47.9 Å². The highest BCUT2D eigenvalue weighted by Crippen LogP contribution is 2.34. The minimum atomic E-state index is -0.378. The molecule has 0 saturated heterocycles. The van der Waals surface area contributed by atoms with Gasteiger partial charge >= 0.3 is 0 Å². The lowest BCUT2D eigenvalue weighted by atomic mass is 9.93. The third kappa shape index (κ3) is 3.95. The molecule has 5 heteroatoms. The van der Waals surface area contributed by atoms with Crippen molar-refractivity contribution < 1.29 is 4.79 Å². The van der Waals surface area contributed by atoms with E-state index in [0.29, 0.717) is 5.69 Å². The molecule has 0 atom stereocenters. The van der Waals surface area contributed by atoms with Crippen molar-refractivity contribution in [2.45, 2.75) is 26.3 Å². The summed E-state index contributed by atoms with van der Waals surface area (Å²) in [4.78, 5) is 16.0. The molecule has 2 aromatic heterocycles. The van der Waals surface area contributed by atoms with Crippen molar-refractivity contribution in [1.82, 2.24) is 4.98 Å². The molecule has 3 aromatic rings. The monoisotopic (exact) mass is 351 g/mol. The van der Waals surface area contributed by atoms with E-state index >= 15 is 0 Å². The summed E-state index contributed by atoms with van der Waals surface area (Å²) in [7, 11) is 0. The average molecular weight is 351 g/mol. The number of amides is 1. The van der Waals surface area contributed by atoms with Crippen LogP contribution in [0.25, 0.3) is 22.4 Å². The van der Waals surface area contributed by atoms with Crippen molar-refractivity contribution in [3.8, 4) is 22.4 Å². The number of benzene rings is 1. The molecule has 0 spiro atoms. The second-order valence-electron chi connectivity index (χ2n) is 6.61. The van der Waals surface area contributed by atoms with Gasteiger partial charge in [0.15, 0.2) is 0 Å². The maximum atomic E-state index is 11.3. The van der Waals surface area contributed by atoms with E-state index in [-0.39, 0.29) is 11.4 Å². The van der Waals surface area contributed by atoms with E-state index in [9.17, 15) is 4.79 Å². The van der Waals surface area contributed by atoms with Crippen LogP contribution >= 0.6 is 11.3 Å². The number of anilines is 1. The number of nitrogens with two attached hydrogens (primary N) is 1. The van der Waals surface area contributed by atoms with Crippen LogP contribution in [-0.2, 0) is 10.3 Å². The van der Waals surface area contributed by atoms with Gasteiger partial charge in [0.1, 0.15) is 0 Å². The van der Waals surface area contributed by atoms with Gasteiger partial charge in [-0.2, -0.15) is 11.3 Å². The van der Waals surface area contributed by atoms with Crippen LogP contribution in [0.1, 0.15) is 26.3 Å². The average Bonchev–Trinajstić information content (AvgIpc) is 3.08. The number of pyridine rings is 1. The predicted molar refractivity (Wildman–Crippen MR) is 105 cm³/mol. The minimum Gasteiger partial charge on any atom is -0.325 e. The second-order valence-corrected chi connectivity index (χ2v) is 7.39. The molecular weight excluding hydrogens is 330 g/mol. The zero-order valence-electron chi connectivity index (χ0n) is 14.5. The number of rotatable bonds is 4. The number of carbonyl (C=O) groups excluding carboxylic acids is 1. The van der Waals surface area contributed by atoms with Crippen molar-refractivity contribution in [3.05, 3.63) is 58.9 Å². The van der Waals surface area contributed by atoms with E-state index < -0.39 is 0 Å². The molecule has 1 amide bonds. The van der Waals surface area contributed by atoms with Gasteiger partial charge < -0.3 is 11.1 Å². The molecule has 0 aliphatic rings. The van der Waals surface area contributed by atoms with Gasteiger partial charge in [-0.3, -0.25) is 9.78 Å². The molecule has 0 fully saturated rings. The first-order valence-electron chi connectivity index (χ1n) is 8.04. The third-order valence-electron chi connectivity index (χ3n) is 3.94. The zero-order valence-corrected chi connectivity index (χ0v) is 15.4. The van der Waals surface area contributed by atoms with Crippen LogP contribution in [-0.4, -0.2) is 10.9 Å². The standard InChI is InChI=1S/C20H21N3OS/c1-13(24)23-17-10-18(15-8-9-25-12-15)19(22-11-17)14-4-6-16(7-5-14)20(2,3)21/h4-12H,21H2,1-3H3,(H,23,24). The van der Waals surface area contributed by atoms with Crippen LogP contribution in [0.15, 0.2) is 53.4 Å². The third-order valence-corrected chi connectivity index (χ3v) is 4.63. The quantitative estimate of drug-likeness (QED) is 0.720. The Morgan fingerprint density at radius 3 is 2.44 bits per heavy atom. The van der Waals surface area contributed by atoms with Crippen LogP contribution < -0.4 is 11.1 Å². The van der Waals surface area contributed by atoms with E-state index in [4.69, 9.17) is 5.73 Å². The summed E-state index contributed by atoms with van der Waals surface area (Å²) in [5.74, 6) is -0.111. The minimum absolute atomic E-state index is 0.111. The Morgan fingerprint density at radius 2 is 1.88 bits per heavy atom. The van der Waals surface area contributed by atoms with Crippen LogP contribution in [0, 0.1) is 0 Å². The Bertz CT molecular complexity index is 878. The highest BCUT2D eigenvalue weighted by molar-refractivity contribution is 7.08. The Labute approximate surface area is 151 Å². The highest BCUT2D eigenvalue weighted by atomic mass is 32.1. The lowest BCUT2D eigenvalue weighted by molar-refractivity contribution is -0.114. The molecule has 0 aliphatic heterocycles. The summed E-state index contributed by atoms with van der Waals surface area (Å²) < 4.78 is 0. The smallest absolute Gasteiger partial charge is 0.221 e. The van der Waals surface area contributed by atoms with Gasteiger partial charge in [0, 0.05) is 23.6 Å². The molecule has 4 nitrogen and oxygen atoms in total. The van der Waals surface area contributed by atoms with E-state index in [0.717, 1.165) is 27.9 Å². The fourth-order valence-electron chi connectivity index (χ4n) is 2.66. The molecule has 0 saturated carbocycles. The number of thiophene rings is 1. The first-order chi connectivity index (χ1) is 11.8. The normalized spacial score (nSPS) is 11.4. The van der Waals surface area contributed by atoms with E-state index in [1.165, 1.54) is 6.92 Å². The van der Waals surface area contributed by atoms with Crippen molar-refractivity contribution in [2.24, 2.45) is 5.73 Å². The molecule has 1 aromatic carbocycles. The van der Waals surface area contributed by atoms with Crippen LogP contribution in [0.2, 0.25) is 0 Å². The summed E-state index contributed by atoms with van der Waals surface area (Å²) >= 11 is 1.63. The summed E-state index contributed by atoms with van der Waals surface area (Å²) in [6, 6.07) is 12.2. The fourth-order valence-corrected chi connectivity index (χ4v) is 3.32. The van der Waals surface area contributed by atoms with E-state index in [2.05, 4.69) is 21.7 Å². The molecule has 3 rings (SSSR count). The van der Waals surface area contributed by atoms with Gasteiger partial charge in [0.2, 0.25) is 5.91 Å². The zero-order chi connectivity index (χ0) is 18.0. The first-order valence-corrected chi connectivity index (χ1v) is 8.99. The predicted octanol–water partition coefficient (Wildman–Crippen LogP) is 4.63. The number of nitrogens with zero attached hydrogens (tertiary/aromatic N) is 1. The molecule has 25 heavy (non-hydrogen) atoms. The number of carbonyl (C=O) groups is 1. The molecule has 2 heterocycles. The van der Waals surface area contributed by atoms with E-state index in [1.807, 2.05) is 49.6 Å². The summed E-state index contributed by atoms with van der Waals surface area (Å²) in [6.07, 6.45) is 1.69. The molecule has 0 unspecified atom stereocenters. The Morgan fingerprint density at radius 1 is 1.16 bits per heavy atom. The van der Waals surface area contributed by atoms with Crippen molar-refractivity contribution in [3.63, 3.8) is 0 Å². The first kappa shape index (κ1) is 17.3. The summed E-state index contributed by atoms with van der Waals surface area (Å²) in [5, 5.41) is 6.91. The van der Waals surface area contributed by atoms with Crippen molar-refractivity contribution in [2.75, 3.05) is 5.32 Å². The Kier molecular flexibility index (Phi) is 4.70. The SMILES string of the molecule is CC(=O)Nc1cnc(-c2ccc(C(C)(C)N)cc2)c(-c2ccsc2)c1. The lowest BCUT2D eigenvalue weighted by Crippen LogP contribution is -2.28. The molecule has 0 bridgehead atoms. The molecule has 0 radical (unpaired) electrons. The van der Waals surface area contributed by atoms with Gasteiger partial charge in [0.05, 0.1) is 17.6 Å². The summed E-state index contributed by atoms with van der Waals surface area (Å²) in [6.45, 7) is 5.46. The lowest BCUT2D eigenvalue weighted by Gasteiger charge is -2.19. The Hall–Kier alpha value is -2.50. The van der Waals surface area contributed by atoms with Gasteiger partial charge in [-0.25, -0.2) is 0 Å². The maximum Gasteiger partial charge on any atom is 0.221 e. The van der Waals surface area contributed by atoms with Gasteiger partial charge in [-0.15, -0.1) is 0 Å². The van der Waals surface area contributed by atoms with Crippen molar-refractivity contribution >= 4 is 22.9 Å². The topological polar surface area (TPSA) is 68.0 Å². The van der Waals surface area contributed by atoms with E-state index in [1.54, 1.807) is 17.5 Å². The summed E-state index contributed by atoms with van der Waals surface area (Å²) in [5.41, 5.74) is 11.5. The second kappa shape index (κ2) is 6.78. The Balaban J connectivity index is 2.07. The van der Waals surface area contributed by atoms with Crippen LogP contribution in [0.3, 0.4) is 0 Å². The highest BCUT2D eigenvalue weighted by Gasteiger charge is 2.15. The van der Waals surface area contributed by atoms with Crippen molar-refractivity contribution in [1.29, 1.82) is 0 Å². The largest absolute Gasteiger partial charge is 0.325 e. The number of aromatic nitrogens is 1. The number of hydrogen-bond acceptors (Lipinski definition) is 4. The number of hydrogen-bond donors (Lipinski definition) is 2. The molecule has 3 N–H and O–H groups in total. The van der Waals surface area contributed by atoms with Gasteiger partial charge in [0.25, 0.3) is 0 Å². The van der Waals surface area contributed by atoms with Crippen LogP contribution in [0.5, 0.6) is 0 Å². The van der Waals surface area contributed by atoms with Crippen LogP contribution in [0.4, 0.5) is 5.69 Å².